The van der Waals surface area contributed by atoms with Gasteiger partial charge in [0.05, 0.1) is 4.83 Å². The summed E-state index contributed by atoms with van der Waals surface area (Å²) < 4.78 is 5.50. The zero-order valence-corrected chi connectivity index (χ0v) is 17.1. The van der Waals surface area contributed by atoms with Gasteiger partial charge in [0.15, 0.2) is 5.78 Å². The van der Waals surface area contributed by atoms with Crippen LogP contribution in [0, 0.1) is 28.6 Å². The number of esters is 1. The zero-order valence-electron chi connectivity index (χ0n) is 15.5. The highest BCUT2D eigenvalue weighted by Gasteiger charge is 2.60. The van der Waals surface area contributed by atoms with Gasteiger partial charge >= 0.3 is 5.97 Å². The Morgan fingerprint density at radius 3 is 2.64 bits per heavy atom. The molecule has 4 aliphatic carbocycles. The van der Waals surface area contributed by atoms with Crippen molar-refractivity contribution >= 4 is 27.7 Å². The van der Waals surface area contributed by atoms with E-state index < -0.39 is 0 Å². The summed E-state index contributed by atoms with van der Waals surface area (Å²) in [6.07, 6.45) is 9.77. The van der Waals surface area contributed by atoms with Gasteiger partial charge in [0.2, 0.25) is 0 Å². The Kier molecular flexibility index (Phi) is 4.22. The predicted molar refractivity (Wildman–Crippen MR) is 100 cm³/mol. The Labute approximate surface area is 159 Å². The highest BCUT2D eigenvalue weighted by Crippen LogP contribution is 2.64. The van der Waals surface area contributed by atoms with Crippen LogP contribution in [0.1, 0.15) is 65.7 Å². The summed E-state index contributed by atoms with van der Waals surface area (Å²) in [6, 6.07) is 0. The summed E-state index contributed by atoms with van der Waals surface area (Å²) in [5.41, 5.74) is 1.62. The van der Waals surface area contributed by atoms with Gasteiger partial charge in [-0.1, -0.05) is 41.4 Å². The van der Waals surface area contributed by atoms with Crippen molar-refractivity contribution in [1.29, 1.82) is 0 Å². The van der Waals surface area contributed by atoms with E-state index in [2.05, 4.69) is 35.9 Å². The number of carbonyl (C=O) groups excluding carboxylic acids is 2. The van der Waals surface area contributed by atoms with Crippen molar-refractivity contribution in [2.24, 2.45) is 28.6 Å². The maximum atomic E-state index is 12.7. The lowest BCUT2D eigenvalue weighted by Gasteiger charge is -2.56. The van der Waals surface area contributed by atoms with Crippen LogP contribution in [0.2, 0.25) is 0 Å². The van der Waals surface area contributed by atoms with E-state index in [0.29, 0.717) is 23.5 Å². The maximum Gasteiger partial charge on any atom is 0.302 e. The summed E-state index contributed by atoms with van der Waals surface area (Å²) in [6.45, 7) is 6.16. The van der Waals surface area contributed by atoms with Crippen LogP contribution in [-0.4, -0.2) is 22.7 Å². The molecule has 4 heteroatoms. The third kappa shape index (κ3) is 2.57. The van der Waals surface area contributed by atoms with Gasteiger partial charge in [-0.2, -0.15) is 0 Å². The molecule has 0 saturated heterocycles. The fourth-order valence-corrected chi connectivity index (χ4v) is 7.64. The van der Waals surface area contributed by atoms with E-state index in [0.717, 1.165) is 44.9 Å². The maximum absolute atomic E-state index is 12.7. The topological polar surface area (TPSA) is 43.4 Å². The number of ketones is 1. The molecule has 4 rings (SSSR count). The van der Waals surface area contributed by atoms with Crippen molar-refractivity contribution in [1.82, 2.24) is 0 Å². The number of Topliss-reactive ketones (excluding diaryl/α,β-unsaturated/α-hetero) is 1. The summed E-state index contributed by atoms with van der Waals surface area (Å²) in [5, 5.41) is 0. The lowest BCUT2D eigenvalue weighted by molar-refractivity contribution is -0.148. The first kappa shape index (κ1) is 17.8. The lowest BCUT2D eigenvalue weighted by atomic mass is 9.48. The van der Waals surface area contributed by atoms with Gasteiger partial charge < -0.3 is 4.74 Å². The van der Waals surface area contributed by atoms with E-state index in [1.54, 1.807) is 0 Å². The van der Waals surface area contributed by atoms with Crippen LogP contribution in [0.5, 0.6) is 0 Å². The van der Waals surface area contributed by atoms with Crippen LogP contribution in [0.15, 0.2) is 11.6 Å². The fraction of sp³-hybridized carbons (Fsp3) is 0.810. The molecule has 0 aromatic heterocycles. The molecule has 0 aromatic carbocycles. The average Bonchev–Trinajstić information content (AvgIpc) is 2.78. The lowest BCUT2D eigenvalue weighted by Crippen LogP contribution is -2.50. The fourth-order valence-electron chi connectivity index (χ4n) is 6.71. The van der Waals surface area contributed by atoms with Crippen molar-refractivity contribution < 1.29 is 14.3 Å². The molecule has 0 bridgehead atoms. The van der Waals surface area contributed by atoms with Crippen molar-refractivity contribution in [3.8, 4) is 0 Å². The Bertz CT molecular complexity index is 641. The van der Waals surface area contributed by atoms with Gasteiger partial charge in [0, 0.05) is 18.8 Å². The molecule has 3 fully saturated rings. The molecule has 0 aromatic rings. The second-order valence-electron chi connectivity index (χ2n) is 9.26. The molecule has 0 spiro atoms. The van der Waals surface area contributed by atoms with Crippen LogP contribution >= 0.6 is 15.9 Å². The Morgan fingerprint density at radius 1 is 1.20 bits per heavy atom. The van der Waals surface area contributed by atoms with Gasteiger partial charge in [-0.3, -0.25) is 9.59 Å². The minimum absolute atomic E-state index is 0.0548. The number of halogens is 1. The van der Waals surface area contributed by atoms with Gasteiger partial charge in [-0.25, -0.2) is 0 Å². The number of hydrogen-bond donors (Lipinski definition) is 0. The third-order valence-electron chi connectivity index (χ3n) is 8.09. The molecule has 4 aliphatic rings. The molecule has 25 heavy (non-hydrogen) atoms. The minimum atomic E-state index is -0.163. The molecule has 0 N–H and O–H groups in total. The quantitative estimate of drug-likeness (QED) is 0.354. The molecule has 0 radical (unpaired) electrons. The van der Waals surface area contributed by atoms with E-state index in [1.165, 1.54) is 12.5 Å². The molecular formula is C21H29BrO3. The van der Waals surface area contributed by atoms with E-state index >= 15 is 0 Å². The number of fused-ring (bicyclic) bond motifs is 5. The summed E-state index contributed by atoms with van der Waals surface area (Å²) in [5.74, 6) is 2.10. The van der Waals surface area contributed by atoms with E-state index in [4.69, 9.17) is 4.74 Å². The number of carbonyl (C=O) groups is 2. The number of hydrogen-bond acceptors (Lipinski definition) is 3. The number of rotatable bonds is 1. The van der Waals surface area contributed by atoms with E-state index in [9.17, 15) is 9.59 Å². The molecule has 0 amide bonds. The summed E-state index contributed by atoms with van der Waals surface area (Å²) in [4.78, 5) is 24.1. The standard InChI is InChI=1S/C21H29BrO3/c1-12(23)25-14-6-8-20(2)13(10-14)4-5-15-16(20)7-9-21(3)17(15)11-18(22)19(21)24/h4,14-18H,5-11H2,1-3H3/t14-,15+,16-,17-,18?,20-,21-/m0/s1. The van der Waals surface area contributed by atoms with Gasteiger partial charge in [0.25, 0.3) is 0 Å². The van der Waals surface area contributed by atoms with Gasteiger partial charge in [0.1, 0.15) is 6.10 Å². The minimum Gasteiger partial charge on any atom is -0.462 e. The van der Waals surface area contributed by atoms with E-state index in [1.807, 2.05) is 0 Å². The molecule has 0 aliphatic heterocycles. The van der Waals surface area contributed by atoms with Crippen LogP contribution in [0.4, 0.5) is 0 Å². The summed E-state index contributed by atoms with van der Waals surface area (Å²) >= 11 is 3.65. The van der Waals surface area contributed by atoms with Crippen LogP contribution in [-0.2, 0) is 14.3 Å². The molecule has 1 unspecified atom stereocenters. The second-order valence-corrected chi connectivity index (χ2v) is 10.4. The first-order valence-electron chi connectivity index (χ1n) is 9.81. The molecule has 0 heterocycles. The molecule has 3 nitrogen and oxygen atoms in total. The second kappa shape index (κ2) is 5.94. The van der Waals surface area contributed by atoms with Crippen LogP contribution in [0.25, 0.3) is 0 Å². The zero-order chi connectivity index (χ0) is 18.0. The summed E-state index contributed by atoms with van der Waals surface area (Å²) in [7, 11) is 0. The molecule has 138 valence electrons. The first-order valence-corrected chi connectivity index (χ1v) is 10.7. The van der Waals surface area contributed by atoms with Crippen LogP contribution in [0.3, 0.4) is 0 Å². The van der Waals surface area contributed by atoms with Crippen molar-refractivity contribution in [3.63, 3.8) is 0 Å². The number of allylic oxidation sites excluding steroid dienone is 1. The Morgan fingerprint density at radius 2 is 1.92 bits per heavy atom. The Hall–Kier alpha value is -0.640. The number of alkyl halides is 1. The smallest absolute Gasteiger partial charge is 0.302 e. The van der Waals surface area contributed by atoms with Crippen molar-refractivity contribution in [2.75, 3.05) is 0 Å². The van der Waals surface area contributed by atoms with Crippen molar-refractivity contribution in [2.45, 2.75) is 76.6 Å². The Balaban J connectivity index is 1.61. The predicted octanol–water partition coefficient (Wildman–Crippen LogP) is 4.82. The highest BCUT2D eigenvalue weighted by atomic mass is 79.9. The van der Waals surface area contributed by atoms with Gasteiger partial charge in [-0.05, 0) is 61.7 Å². The average molecular weight is 409 g/mol. The molecule has 7 atom stereocenters. The SMILES string of the molecule is CC(=O)O[C@H]1CC[C@@]2(C)C(=CC[C@@H]3[C@@H]2CC[C@]2(C)C(=O)C(Br)C[C@@H]32)C1. The molecule has 3 saturated carbocycles. The van der Waals surface area contributed by atoms with E-state index in [-0.39, 0.29) is 27.7 Å². The van der Waals surface area contributed by atoms with Crippen molar-refractivity contribution in [3.05, 3.63) is 11.6 Å². The third-order valence-corrected chi connectivity index (χ3v) is 8.88. The highest BCUT2D eigenvalue weighted by molar-refractivity contribution is 9.10. The normalized spacial score (nSPS) is 48.9. The number of ether oxygens (including phenoxy) is 1. The molecular weight excluding hydrogens is 380 g/mol. The monoisotopic (exact) mass is 408 g/mol. The largest absolute Gasteiger partial charge is 0.462 e. The van der Waals surface area contributed by atoms with Crippen LogP contribution < -0.4 is 0 Å². The van der Waals surface area contributed by atoms with Gasteiger partial charge in [-0.15, -0.1) is 0 Å². The first-order chi connectivity index (χ1) is 11.8.